The lowest BCUT2D eigenvalue weighted by Crippen LogP contribution is -2.35. The summed E-state index contributed by atoms with van der Waals surface area (Å²) in [6.45, 7) is 2.94. The Bertz CT molecular complexity index is 668. The summed E-state index contributed by atoms with van der Waals surface area (Å²) in [5, 5.41) is 7.08. The lowest BCUT2D eigenvalue weighted by atomic mass is 10.2. The molecule has 0 fully saturated rings. The van der Waals surface area contributed by atoms with E-state index in [0.717, 1.165) is 5.56 Å². The summed E-state index contributed by atoms with van der Waals surface area (Å²) in [7, 11) is -1.70. The minimum atomic E-state index is -3.52. The molecular formula is C14H20N4O2S. The molecular weight excluding hydrogens is 288 g/mol. The lowest BCUT2D eigenvalue weighted by Gasteiger charge is -2.15. The van der Waals surface area contributed by atoms with Crippen molar-refractivity contribution in [3.05, 3.63) is 48.3 Å². The normalized spacial score (nSPS) is 13.2. The summed E-state index contributed by atoms with van der Waals surface area (Å²) in [5.74, 6) is 0. The van der Waals surface area contributed by atoms with Crippen LogP contribution in [0.5, 0.6) is 0 Å². The fourth-order valence-electron chi connectivity index (χ4n) is 2.09. The third kappa shape index (κ3) is 4.38. The molecule has 0 saturated heterocycles. The van der Waals surface area contributed by atoms with Crippen molar-refractivity contribution in [1.29, 1.82) is 0 Å². The van der Waals surface area contributed by atoms with E-state index in [1.54, 1.807) is 35.3 Å². The summed E-state index contributed by atoms with van der Waals surface area (Å²) in [4.78, 5) is 0.280. The Kier molecular flexibility index (Phi) is 5.11. The summed E-state index contributed by atoms with van der Waals surface area (Å²) < 4.78 is 29.1. The van der Waals surface area contributed by atoms with Gasteiger partial charge in [-0.1, -0.05) is 12.1 Å². The van der Waals surface area contributed by atoms with E-state index in [1.807, 2.05) is 26.1 Å². The second-order valence-electron chi connectivity index (χ2n) is 4.93. The summed E-state index contributed by atoms with van der Waals surface area (Å²) in [6.07, 6.45) is 3.47. The van der Waals surface area contributed by atoms with Gasteiger partial charge in [0.25, 0.3) is 0 Å². The molecule has 1 aromatic heterocycles. The van der Waals surface area contributed by atoms with Crippen molar-refractivity contribution in [2.45, 2.75) is 31.0 Å². The maximum atomic E-state index is 12.4. The van der Waals surface area contributed by atoms with Gasteiger partial charge in [-0.15, -0.1) is 0 Å². The highest BCUT2D eigenvalue weighted by atomic mass is 32.2. The molecule has 1 atom stereocenters. The Labute approximate surface area is 125 Å². The third-order valence-corrected chi connectivity index (χ3v) is 4.55. The zero-order chi connectivity index (χ0) is 15.3. The Balaban J connectivity index is 2.08. The first-order valence-electron chi connectivity index (χ1n) is 6.74. The maximum Gasteiger partial charge on any atom is 0.240 e. The molecule has 7 heteroatoms. The topological polar surface area (TPSA) is 76.0 Å². The molecule has 0 radical (unpaired) electrons. The molecule has 0 amide bonds. The van der Waals surface area contributed by atoms with E-state index in [0.29, 0.717) is 13.1 Å². The van der Waals surface area contributed by atoms with Crippen molar-refractivity contribution in [3.8, 4) is 0 Å². The summed E-state index contributed by atoms with van der Waals surface area (Å²) in [6, 6.07) is 8.48. The third-order valence-electron chi connectivity index (χ3n) is 2.97. The van der Waals surface area contributed by atoms with Crippen LogP contribution in [0.1, 0.15) is 12.5 Å². The Morgan fingerprint density at radius 1 is 1.33 bits per heavy atom. The van der Waals surface area contributed by atoms with E-state index in [9.17, 15) is 8.42 Å². The first-order valence-corrected chi connectivity index (χ1v) is 8.23. The van der Waals surface area contributed by atoms with E-state index in [1.165, 1.54) is 0 Å². The van der Waals surface area contributed by atoms with E-state index in [4.69, 9.17) is 0 Å². The fourth-order valence-corrected chi connectivity index (χ4v) is 3.39. The smallest absolute Gasteiger partial charge is 0.240 e. The molecule has 0 aliphatic heterocycles. The Morgan fingerprint density at radius 3 is 2.81 bits per heavy atom. The molecule has 1 unspecified atom stereocenters. The molecule has 1 heterocycles. The van der Waals surface area contributed by atoms with E-state index < -0.39 is 10.0 Å². The van der Waals surface area contributed by atoms with Gasteiger partial charge in [0.15, 0.2) is 0 Å². The van der Waals surface area contributed by atoms with Crippen molar-refractivity contribution < 1.29 is 8.42 Å². The first kappa shape index (κ1) is 15.7. The van der Waals surface area contributed by atoms with Crippen LogP contribution in [0.25, 0.3) is 0 Å². The van der Waals surface area contributed by atoms with Crippen LogP contribution < -0.4 is 10.0 Å². The second kappa shape index (κ2) is 6.84. The van der Waals surface area contributed by atoms with Gasteiger partial charge < -0.3 is 5.32 Å². The van der Waals surface area contributed by atoms with E-state index in [2.05, 4.69) is 15.1 Å². The van der Waals surface area contributed by atoms with Gasteiger partial charge in [0.2, 0.25) is 10.0 Å². The monoisotopic (exact) mass is 308 g/mol. The number of sulfonamides is 1. The lowest BCUT2D eigenvalue weighted by molar-refractivity contribution is 0.494. The van der Waals surface area contributed by atoms with Gasteiger partial charge in [0.05, 0.1) is 11.4 Å². The molecule has 2 aromatic rings. The summed E-state index contributed by atoms with van der Waals surface area (Å²) >= 11 is 0. The van der Waals surface area contributed by atoms with Crippen LogP contribution >= 0.6 is 0 Å². The first-order chi connectivity index (χ1) is 10.0. The van der Waals surface area contributed by atoms with Crippen molar-refractivity contribution in [3.63, 3.8) is 0 Å². The van der Waals surface area contributed by atoms with Crippen molar-refractivity contribution >= 4 is 10.0 Å². The number of hydrogen-bond donors (Lipinski definition) is 2. The number of rotatable bonds is 7. The minimum Gasteiger partial charge on any atom is -0.316 e. The molecule has 114 valence electrons. The highest BCUT2D eigenvalue weighted by molar-refractivity contribution is 7.89. The molecule has 2 rings (SSSR count). The molecule has 0 aliphatic carbocycles. The molecule has 0 aliphatic rings. The molecule has 0 saturated carbocycles. The van der Waals surface area contributed by atoms with E-state index in [-0.39, 0.29) is 10.9 Å². The number of nitrogens with one attached hydrogen (secondary N) is 2. The van der Waals surface area contributed by atoms with Gasteiger partial charge in [-0.25, -0.2) is 13.1 Å². The average Bonchev–Trinajstić information content (AvgIpc) is 2.91. The van der Waals surface area contributed by atoms with Crippen LogP contribution in [0, 0.1) is 0 Å². The predicted molar refractivity (Wildman–Crippen MR) is 81.2 cm³/mol. The second-order valence-corrected chi connectivity index (χ2v) is 6.64. The van der Waals surface area contributed by atoms with Gasteiger partial charge >= 0.3 is 0 Å². The fraction of sp³-hybridized carbons (Fsp3) is 0.357. The predicted octanol–water partition coefficient (Wildman–Crippen LogP) is 0.969. The zero-order valence-corrected chi connectivity index (χ0v) is 13.0. The number of hydrogen-bond acceptors (Lipinski definition) is 4. The standard InChI is InChI=1S/C14H20N4O2S/c1-12(11-18-8-4-7-16-18)17-21(19,20)14-6-3-5-13(9-14)10-15-2/h3-9,12,15,17H,10-11H2,1-2H3. The number of benzene rings is 1. The quantitative estimate of drug-likeness (QED) is 0.799. The van der Waals surface area contributed by atoms with Crippen molar-refractivity contribution in [2.75, 3.05) is 7.05 Å². The largest absolute Gasteiger partial charge is 0.316 e. The van der Waals surface area contributed by atoms with Gasteiger partial charge in [-0.2, -0.15) is 5.10 Å². The number of aromatic nitrogens is 2. The van der Waals surface area contributed by atoms with Crippen molar-refractivity contribution in [1.82, 2.24) is 19.8 Å². The SMILES string of the molecule is CNCc1cccc(S(=O)(=O)NC(C)Cn2cccn2)c1. The van der Waals surface area contributed by atoms with Crippen LogP contribution in [0.2, 0.25) is 0 Å². The van der Waals surface area contributed by atoms with Crippen LogP contribution in [0.3, 0.4) is 0 Å². The summed E-state index contributed by atoms with van der Waals surface area (Å²) in [5.41, 5.74) is 0.931. The van der Waals surface area contributed by atoms with Gasteiger partial charge in [-0.05, 0) is 37.7 Å². The van der Waals surface area contributed by atoms with Crippen LogP contribution in [0.4, 0.5) is 0 Å². The molecule has 0 spiro atoms. The molecule has 0 bridgehead atoms. The highest BCUT2D eigenvalue weighted by Gasteiger charge is 2.17. The van der Waals surface area contributed by atoms with Crippen LogP contribution in [-0.4, -0.2) is 31.3 Å². The molecule has 6 nitrogen and oxygen atoms in total. The highest BCUT2D eigenvalue weighted by Crippen LogP contribution is 2.12. The molecule has 2 N–H and O–H groups in total. The number of nitrogens with zero attached hydrogens (tertiary/aromatic N) is 2. The van der Waals surface area contributed by atoms with Crippen LogP contribution in [0.15, 0.2) is 47.6 Å². The Morgan fingerprint density at radius 2 is 2.14 bits per heavy atom. The average molecular weight is 308 g/mol. The zero-order valence-electron chi connectivity index (χ0n) is 12.2. The minimum absolute atomic E-state index is 0.247. The van der Waals surface area contributed by atoms with E-state index >= 15 is 0 Å². The van der Waals surface area contributed by atoms with Gasteiger partial charge in [0.1, 0.15) is 0 Å². The molecule has 21 heavy (non-hydrogen) atoms. The van der Waals surface area contributed by atoms with Crippen LogP contribution in [-0.2, 0) is 23.1 Å². The van der Waals surface area contributed by atoms with Crippen molar-refractivity contribution in [2.24, 2.45) is 0 Å². The Hall–Kier alpha value is -1.70. The van der Waals surface area contributed by atoms with Gasteiger partial charge in [-0.3, -0.25) is 4.68 Å². The molecule has 1 aromatic carbocycles. The maximum absolute atomic E-state index is 12.4. The van der Waals surface area contributed by atoms with Gasteiger partial charge in [0, 0.05) is 25.0 Å².